The molecule has 0 fully saturated rings. The Morgan fingerprint density at radius 2 is 1.45 bits per heavy atom. The van der Waals surface area contributed by atoms with E-state index in [1.807, 2.05) is 85.0 Å². The molecular weight excluding hydrogens is 681 g/mol. The molecule has 2 heteroatoms. The van der Waals surface area contributed by atoms with Crippen LogP contribution < -0.4 is 0 Å². The molecule has 0 saturated heterocycles. The number of aliphatic hydroxyl groups is 2. The molecular formula is C54H40O2. The maximum Gasteiger partial charge on any atom is 0.123 e. The molecule has 1 unspecified atom stereocenters. The molecule has 0 aliphatic heterocycles. The smallest absolute Gasteiger partial charge is 0.123 e. The van der Waals surface area contributed by atoms with E-state index in [0.717, 1.165) is 71.5 Å². The van der Waals surface area contributed by atoms with Gasteiger partial charge in [-0.05, 0) is 103 Å². The van der Waals surface area contributed by atoms with Gasteiger partial charge in [0.05, 0.1) is 5.92 Å². The van der Waals surface area contributed by atoms with Crippen molar-refractivity contribution in [2.75, 3.05) is 0 Å². The number of benzene rings is 6. The van der Waals surface area contributed by atoms with Crippen molar-refractivity contribution in [2.24, 2.45) is 0 Å². The molecule has 1 aliphatic rings. The SMILES string of the molecule is C#C/C=C\C=C/Cc1ccccc1/C(O)=C/C(=C\C=C)c1ccc2ccc3c(C4=CC(c5ccccc5/C(O)=C/C=C\C=C)C#CC=C4)ccc4ccc1c2c43. The average Bonchev–Trinajstić information content (AvgIpc) is 3.49. The van der Waals surface area contributed by atoms with Gasteiger partial charge in [-0.15, -0.1) is 6.42 Å². The Hall–Kier alpha value is -7.52. The lowest BCUT2D eigenvalue weighted by atomic mass is 9.85. The number of allylic oxidation sites excluding steroid dienone is 16. The van der Waals surface area contributed by atoms with Crippen LogP contribution in [0.3, 0.4) is 0 Å². The summed E-state index contributed by atoms with van der Waals surface area (Å²) in [6, 6.07) is 33.1. The van der Waals surface area contributed by atoms with Crippen LogP contribution in [0.15, 0.2) is 195 Å². The summed E-state index contributed by atoms with van der Waals surface area (Å²) in [5, 5.41) is 29.5. The van der Waals surface area contributed by atoms with Crippen molar-refractivity contribution < 1.29 is 10.2 Å². The van der Waals surface area contributed by atoms with E-state index in [1.165, 1.54) is 5.39 Å². The standard InChI is InChI=1S/C54H40O2/c1-4-7-9-10-12-20-38-21-15-16-25-47(38)52(56)37-41(19-6-3)45-32-28-39-31-35-50-46(33-29-40-30-34-49(45)53(39)54(40)50)43-23-14-13-22-42(36-43)44-24-17-18-26-48(44)51(55)27-11-8-5-2/h1,5-12,14-19,21,23-37,42,55-56H,2-3,20H2/b9-7-,11-8-,12-10-,41-19+,51-27-,52-37-. The monoisotopic (exact) mass is 720 g/mol. The van der Waals surface area contributed by atoms with Gasteiger partial charge in [0, 0.05) is 11.1 Å². The van der Waals surface area contributed by atoms with Crippen molar-refractivity contribution in [1.29, 1.82) is 0 Å². The molecule has 56 heavy (non-hydrogen) atoms. The lowest BCUT2D eigenvalue weighted by Crippen LogP contribution is -1.99. The maximum atomic E-state index is 11.6. The average molecular weight is 721 g/mol. The first kappa shape index (κ1) is 36.8. The summed E-state index contributed by atoms with van der Waals surface area (Å²) in [5.41, 5.74) is 7.40. The number of hydrogen-bond acceptors (Lipinski definition) is 2. The molecule has 0 radical (unpaired) electrons. The maximum absolute atomic E-state index is 11.6. The van der Waals surface area contributed by atoms with Crippen molar-refractivity contribution in [1.82, 2.24) is 0 Å². The van der Waals surface area contributed by atoms with Gasteiger partial charge in [0.2, 0.25) is 0 Å². The van der Waals surface area contributed by atoms with E-state index in [4.69, 9.17) is 6.42 Å². The first-order chi connectivity index (χ1) is 27.5. The highest BCUT2D eigenvalue weighted by Gasteiger charge is 2.19. The number of rotatable bonds is 12. The Balaban J connectivity index is 1.33. The second-order valence-electron chi connectivity index (χ2n) is 13.3. The predicted molar refractivity (Wildman–Crippen MR) is 240 cm³/mol. The highest BCUT2D eigenvalue weighted by Crippen LogP contribution is 2.42. The van der Waals surface area contributed by atoms with Crippen molar-refractivity contribution in [3.8, 4) is 24.2 Å². The van der Waals surface area contributed by atoms with Gasteiger partial charge >= 0.3 is 0 Å². The zero-order valence-corrected chi connectivity index (χ0v) is 31.0. The van der Waals surface area contributed by atoms with Gasteiger partial charge in [0.1, 0.15) is 11.5 Å². The van der Waals surface area contributed by atoms with Crippen LogP contribution in [0.5, 0.6) is 0 Å². The van der Waals surface area contributed by atoms with Crippen LogP contribution in [-0.2, 0) is 6.42 Å². The van der Waals surface area contributed by atoms with E-state index >= 15 is 0 Å². The third-order valence-corrected chi connectivity index (χ3v) is 9.95. The van der Waals surface area contributed by atoms with Gasteiger partial charge in [0.15, 0.2) is 0 Å². The van der Waals surface area contributed by atoms with E-state index < -0.39 is 0 Å². The summed E-state index contributed by atoms with van der Waals surface area (Å²) in [4.78, 5) is 0. The van der Waals surface area contributed by atoms with Gasteiger partial charge < -0.3 is 10.2 Å². The van der Waals surface area contributed by atoms with Gasteiger partial charge in [0.25, 0.3) is 0 Å². The summed E-state index contributed by atoms with van der Waals surface area (Å²) in [5.74, 6) is 9.22. The fourth-order valence-corrected chi connectivity index (χ4v) is 7.41. The topological polar surface area (TPSA) is 40.5 Å². The van der Waals surface area contributed by atoms with Crippen LogP contribution in [0.1, 0.15) is 39.3 Å². The van der Waals surface area contributed by atoms with E-state index in [-0.39, 0.29) is 17.4 Å². The molecule has 2 N–H and O–H groups in total. The summed E-state index contributed by atoms with van der Waals surface area (Å²) in [7, 11) is 0. The Bertz CT molecular complexity index is 2840. The highest BCUT2D eigenvalue weighted by atomic mass is 16.3. The molecule has 0 bridgehead atoms. The lowest BCUT2D eigenvalue weighted by Gasteiger charge is -2.18. The van der Waals surface area contributed by atoms with Crippen molar-refractivity contribution in [3.05, 3.63) is 229 Å². The van der Waals surface area contributed by atoms with E-state index in [1.54, 1.807) is 36.5 Å². The van der Waals surface area contributed by atoms with Crippen molar-refractivity contribution in [2.45, 2.75) is 12.3 Å². The molecule has 6 aromatic carbocycles. The van der Waals surface area contributed by atoms with Crippen LogP contribution in [0.4, 0.5) is 0 Å². The first-order valence-corrected chi connectivity index (χ1v) is 18.5. The third-order valence-electron chi connectivity index (χ3n) is 9.95. The predicted octanol–water partition coefficient (Wildman–Crippen LogP) is 13.4. The van der Waals surface area contributed by atoms with E-state index in [9.17, 15) is 10.2 Å². The number of aliphatic hydroxyl groups excluding tert-OH is 2. The van der Waals surface area contributed by atoms with Crippen molar-refractivity contribution >= 4 is 55.0 Å². The molecule has 1 atom stereocenters. The van der Waals surface area contributed by atoms with Crippen LogP contribution in [0.25, 0.3) is 55.0 Å². The molecule has 0 spiro atoms. The van der Waals surface area contributed by atoms with E-state index in [0.29, 0.717) is 6.42 Å². The summed E-state index contributed by atoms with van der Waals surface area (Å²) in [6.45, 7) is 7.74. The second-order valence-corrected chi connectivity index (χ2v) is 13.3. The molecule has 2 nitrogen and oxygen atoms in total. The molecule has 6 aromatic rings. The fraction of sp³-hybridized carbons (Fsp3) is 0.0370. The molecule has 268 valence electrons. The summed E-state index contributed by atoms with van der Waals surface area (Å²) >= 11 is 0. The fourth-order valence-electron chi connectivity index (χ4n) is 7.41. The van der Waals surface area contributed by atoms with E-state index in [2.05, 4.69) is 91.6 Å². The first-order valence-electron chi connectivity index (χ1n) is 18.5. The molecule has 7 rings (SSSR count). The largest absolute Gasteiger partial charge is 0.507 e. The van der Waals surface area contributed by atoms with Crippen molar-refractivity contribution in [3.63, 3.8) is 0 Å². The molecule has 1 aliphatic carbocycles. The lowest BCUT2D eigenvalue weighted by molar-refractivity contribution is 0.510. The third kappa shape index (κ3) is 7.60. The van der Waals surface area contributed by atoms with Gasteiger partial charge in [-0.25, -0.2) is 0 Å². The zero-order chi connectivity index (χ0) is 38.9. The van der Waals surface area contributed by atoms with Gasteiger partial charge in [-0.2, -0.15) is 0 Å². The summed E-state index contributed by atoms with van der Waals surface area (Å²) < 4.78 is 0. The second kappa shape index (κ2) is 17.1. The number of hydrogen-bond donors (Lipinski definition) is 2. The molecule has 0 heterocycles. The molecule has 0 saturated carbocycles. The normalized spacial score (nSPS) is 15.1. The van der Waals surface area contributed by atoms with Gasteiger partial charge in [-0.1, -0.05) is 183 Å². The quantitative estimate of drug-likeness (QED) is 0.0572. The van der Waals surface area contributed by atoms with Gasteiger partial charge in [-0.3, -0.25) is 0 Å². The zero-order valence-electron chi connectivity index (χ0n) is 31.0. The van der Waals surface area contributed by atoms with Crippen LogP contribution in [0.2, 0.25) is 0 Å². The Morgan fingerprint density at radius 3 is 2.25 bits per heavy atom. The number of terminal acetylenes is 1. The Labute approximate surface area is 329 Å². The minimum Gasteiger partial charge on any atom is -0.507 e. The minimum absolute atomic E-state index is 0.172. The minimum atomic E-state index is -0.252. The molecule has 0 amide bonds. The Kier molecular flexibility index (Phi) is 11.2. The Morgan fingerprint density at radius 1 is 0.714 bits per heavy atom. The van der Waals surface area contributed by atoms with Crippen LogP contribution in [0, 0.1) is 24.2 Å². The van der Waals surface area contributed by atoms with Crippen LogP contribution >= 0.6 is 0 Å². The van der Waals surface area contributed by atoms with Crippen LogP contribution in [-0.4, -0.2) is 10.2 Å². The highest BCUT2D eigenvalue weighted by molar-refractivity contribution is 6.26. The molecule has 0 aromatic heterocycles. The summed E-state index contributed by atoms with van der Waals surface area (Å²) in [6.07, 6.45) is 32.0.